The largest absolute Gasteiger partial charge is 0.143 e. The standard InChI is InChI=1S/C6H4ClIS/c7-5-3-4(9)1-2-6(5)8/h1-3,9H. The summed E-state index contributed by atoms with van der Waals surface area (Å²) in [6, 6.07) is 5.68. The van der Waals surface area contributed by atoms with Gasteiger partial charge in [0.15, 0.2) is 0 Å². The van der Waals surface area contributed by atoms with Gasteiger partial charge in [0.25, 0.3) is 0 Å². The zero-order chi connectivity index (χ0) is 6.85. The van der Waals surface area contributed by atoms with Crippen molar-refractivity contribution < 1.29 is 0 Å². The van der Waals surface area contributed by atoms with E-state index in [0.717, 1.165) is 13.5 Å². The summed E-state index contributed by atoms with van der Waals surface area (Å²) >= 11 is 12.0. The van der Waals surface area contributed by atoms with Crippen molar-refractivity contribution in [2.75, 3.05) is 0 Å². The summed E-state index contributed by atoms with van der Waals surface area (Å²) in [7, 11) is 0. The fraction of sp³-hybridized carbons (Fsp3) is 0. The van der Waals surface area contributed by atoms with Crippen LogP contribution < -0.4 is 0 Å². The van der Waals surface area contributed by atoms with Crippen molar-refractivity contribution >= 4 is 46.8 Å². The minimum absolute atomic E-state index is 0.767. The predicted molar refractivity (Wildman–Crippen MR) is 51.4 cm³/mol. The number of thiol groups is 1. The van der Waals surface area contributed by atoms with E-state index in [1.807, 2.05) is 18.2 Å². The van der Waals surface area contributed by atoms with Crippen LogP contribution in [0.1, 0.15) is 0 Å². The molecule has 0 saturated carbocycles. The SMILES string of the molecule is Sc1ccc(I)c(Cl)c1. The van der Waals surface area contributed by atoms with Gasteiger partial charge >= 0.3 is 0 Å². The zero-order valence-corrected chi connectivity index (χ0v) is 8.24. The highest BCUT2D eigenvalue weighted by Crippen LogP contribution is 2.20. The predicted octanol–water partition coefficient (Wildman–Crippen LogP) is 3.23. The summed E-state index contributed by atoms with van der Waals surface area (Å²) in [5.74, 6) is 0. The third-order valence-corrected chi connectivity index (χ3v) is 2.75. The molecule has 0 heterocycles. The van der Waals surface area contributed by atoms with E-state index in [4.69, 9.17) is 11.6 Å². The maximum atomic E-state index is 5.76. The third-order valence-electron chi connectivity index (χ3n) is 0.903. The van der Waals surface area contributed by atoms with Crippen LogP contribution in [0.25, 0.3) is 0 Å². The van der Waals surface area contributed by atoms with Gasteiger partial charge < -0.3 is 0 Å². The van der Waals surface area contributed by atoms with Crippen molar-refractivity contribution in [3.05, 3.63) is 26.8 Å². The van der Waals surface area contributed by atoms with E-state index in [-0.39, 0.29) is 0 Å². The first-order chi connectivity index (χ1) is 4.20. The summed E-state index contributed by atoms with van der Waals surface area (Å²) in [6.45, 7) is 0. The molecule has 0 bridgehead atoms. The molecule has 0 aliphatic carbocycles. The van der Waals surface area contributed by atoms with Crippen molar-refractivity contribution in [2.45, 2.75) is 4.90 Å². The average Bonchev–Trinajstić information content (AvgIpc) is 1.80. The molecule has 0 amide bonds. The Morgan fingerprint density at radius 2 is 2.11 bits per heavy atom. The average molecular weight is 271 g/mol. The lowest BCUT2D eigenvalue weighted by Crippen LogP contribution is -1.71. The Balaban J connectivity index is 3.17. The lowest BCUT2D eigenvalue weighted by Gasteiger charge is -1.94. The zero-order valence-electron chi connectivity index (χ0n) is 4.44. The topological polar surface area (TPSA) is 0 Å². The van der Waals surface area contributed by atoms with Gasteiger partial charge in [-0.3, -0.25) is 0 Å². The van der Waals surface area contributed by atoms with Gasteiger partial charge in [-0.1, -0.05) is 11.6 Å². The van der Waals surface area contributed by atoms with Crippen LogP contribution in [0.4, 0.5) is 0 Å². The Morgan fingerprint density at radius 1 is 1.44 bits per heavy atom. The van der Waals surface area contributed by atoms with Gasteiger partial charge in [0.1, 0.15) is 0 Å². The van der Waals surface area contributed by atoms with Crippen LogP contribution in [0.15, 0.2) is 23.1 Å². The summed E-state index contributed by atoms with van der Waals surface area (Å²) < 4.78 is 1.06. The van der Waals surface area contributed by atoms with Crippen molar-refractivity contribution in [1.29, 1.82) is 0 Å². The molecule has 9 heavy (non-hydrogen) atoms. The number of hydrogen-bond donors (Lipinski definition) is 1. The molecule has 0 atom stereocenters. The maximum absolute atomic E-state index is 5.76. The Morgan fingerprint density at radius 3 is 2.56 bits per heavy atom. The summed E-state index contributed by atoms with van der Waals surface area (Å²) in [5.41, 5.74) is 0. The van der Waals surface area contributed by atoms with E-state index in [1.54, 1.807) is 0 Å². The van der Waals surface area contributed by atoms with Gasteiger partial charge in [-0.15, -0.1) is 12.6 Å². The summed E-state index contributed by atoms with van der Waals surface area (Å²) in [5, 5.41) is 0.767. The van der Waals surface area contributed by atoms with Gasteiger partial charge in [0.2, 0.25) is 0 Å². The molecule has 0 unspecified atom stereocenters. The molecule has 0 spiro atoms. The van der Waals surface area contributed by atoms with E-state index in [2.05, 4.69) is 35.2 Å². The molecule has 0 fully saturated rings. The molecule has 0 N–H and O–H groups in total. The maximum Gasteiger partial charge on any atom is 0.0550 e. The fourth-order valence-corrected chi connectivity index (χ4v) is 1.28. The molecule has 1 aromatic rings. The first-order valence-electron chi connectivity index (χ1n) is 2.34. The molecule has 0 radical (unpaired) electrons. The lowest BCUT2D eigenvalue weighted by atomic mass is 10.4. The molecule has 0 saturated heterocycles. The summed E-state index contributed by atoms with van der Waals surface area (Å²) in [6.07, 6.45) is 0. The van der Waals surface area contributed by atoms with Crippen LogP contribution in [-0.2, 0) is 0 Å². The minimum atomic E-state index is 0.767. The smallest absolute Gasteiger partial charge is 0.0550 e. The quantitative estimate of drug-likeness (QED) is 0.543. The van der Waals surface area contributed by atoms with Gasteiger partial charge in [-0.25, -0.2) is 0 Å². The first-order valence-corrected chi connectivity index (χ1v) is 4.24. The highest BCUT2D eigenvalue weighted by Gasteiger charge is 1.93. The minimum Gasteiger partial charge on any atom is -0.143 e. The van der Waals surface area contributed by atoms with Gasteiger partial charge in [0, 0.05) is 8.47 Å². The molecule has 0 aliphatic heterocycles. The normalized spacial score (nSPS) is 9.67. The number of benzene rings is 1. The lowest BCUT2D eigenvalue weighted by molar-refractivity contribution is 1.45. The number of hydrogen-bond acceptors (Lipinski definition) is 1. The molecular weight excluding hydrogens is 266 g/mol. The van der Waals surface area contributed by atoms with E-state index in [0.29, 0.717) is 0 Å². The molecule has 0 aromatic heterocycles. The van der Waals surface area contributed by atoms with Gasteiger partial charge in [-0.05, 0) is 40.8 Å². The fourth-order valence-electron chi connectivity index (χ4n) is 0.485. The second-order valence-corrected chi connectivity index (χ2v) is 3.68. The molecule has 1 rings (SSSR count). The Labute approximate surface area is 78.2 Å². The number of halogens is 2. The highest BCUT2D eigenvalue weighted by atomic mass is 127. The highest BCUT2D eigenvalue weighted by molar-refractivity contribution is 14.1. The molecular formula is C6H4ClIS. The van der Waals surface area contributed by atoms with Crippen molar-refractivity contribution in [2.24, 2.45) is 0 Å². The molecule has 48 valence electrons. The van der Waals surface area contributed by atoms with E-state index < -0.39 is 0 Å². The monoisotopic (exact) mass is 270 g/mol. The van der Waals surface area contributed by atoms with Crippen LogP contribution in [0.2, 0.25) is 5.02 Å². The molecule has 3 heteroatoms. The van der Waals surface area contributed by atoms with E-state index in [9.17, 15) is 0 Å². The van der Waals surface area contributed by atoms with Crippen LogP contribution in [0.5, 0.6) is 0 Å². The van der Waals surface area contributed by atoms with Crippen LogP contribution >= 0.6 is 46.8 Å². The van der Waals surface area contributed by atoms with Crippen molar-refractivity contribution in [3.63, 3.8) is 0 Å². The number of rotatable bonds is 0. The first kappa shape index (κ1) is 7.69. The second kappa shape index (κ2) is 3.12. The van der Waals surface area contributed by atoms with Gasteiger partial charge in [0.05, 0.1) is 5.02 Å². The second-order valence-electron chi connectivity index (χ2n) is 1.60. The third kappa shape index (κ3) is 2.02. The molecule has 1 aromatic carbocycles. The summed E-state index contributed by atoms with van der Waals surface area (Å²) in [4.78, 5) is 0.903. The van der Waals surface area contributed by atoms with Gasteiger partial charge in [-0.2, -0.15) is 0 Å². The van der Waals surface area contributed by atoms with Crippen LogP contribution in [0.3, 0.4) is 0 Å². The van der Waals surface area contributed by atoms with Crippen molar-refractivity contribution in [3.8, 4) is 0 Å². The van der Waals surface area contributed by atoms with Crippen molar-refractivity contribution in [1.82, 2.24) is 0 Å². The Kier molecular flexibility index (Phi) is 2.67. The van der Waals surface area contributed by atoms with Crippen LogP contribution in [0, 0.1) is 3.57 Å². The van der Waals surface area contributed by atoms with Crippen LogP contribution in [-0.4, -0.2) is 0 Å². The van der Waals surface area contributed by atoms with E-state index >= 15 is 0 Å². The van der Waals surface area contributed by atoms with E-state index in [1.165, 1.54) is 0 Å². The Bertz CT molecular complexity index is 224. The Hall–Kier alpha value is 0.590. The molecule has 0 aliphatic rings. The molecule has 0 nitrogen and oxygen atoms in total.